The molecule has 1 aliphatic carbocycles. The van der Waals surface area contributed by atoms with E-state index in [4.69, 9.17) is 22.3 Å². The third-order valence-corrected chi connectivity index (χ3v) is 6.39. The fraction of sp³-hybridized carbons (Fsp3) is 0.381. The number of benzene rings is 1. The van der Waals surface area contributed by atoms with Gasteiger partial charge in [0.15, 0.2) is 5.82 Å². The van der Waals surface area contributed by atoms with Crippen LogP contribution in [0.25, 0.3) is 10.9 Å². The molecule has 0 bridgehead atoms. The summed E-state index contributed by atoms with van der Waals surface area (Å²) in [6.45, 7) is 4.00. The van der Waals surface area contributed by atoms with Crippen LogP contribution in [0.1, 0.15) is 37.2 Å². The van der Waals surface area contributed by atoms with E-state index in [1.165, 1.54) is 6.33 Å². The Kier molecular flexibility index (Phi) is 4.87. The van der Waals surface area contributed by atoms with Crippen LogP contribution in [0.2, 0.25) is 5.02 Å². The molecule has 2 fully saturated rings. The van der Waals surface area contributed by atoms with Crippen LogP contribution in [0.4, 0.5) is 11.6 Å². The molecule has 1 aromatic carbocycles. The van der Waals surface area contributed by atoms with Crippen LogP contribution in [-0.2, 0) is 0 Å². The molecule has 2 aliphatic rings. The summed E-state index contributed by atoms with van der Waals surface area (Å²) in [6, 6.07) is 6.80. The second kappa shape index (κ2) is 7.62. The van der Waals surface area contributed by atoms with E-state index >= 15 is 0 Å². The lowest BCUT2D eigenvalue weighted by Crippen LogP contribution is -2.59. The number of nitrogens with two attached hydrogens (primary N) is 1. The molecule has 0 amide bonds. The van der Waals surface area contributed by atoms with Crippen LogP contribution in [0, 0.1) is 11.3 Å². The van der Waals surface area contributed by atoms with Crippen molar-refractivity contribution in [2.24, 2.45) is 0 Å². The van der Waals surface area contributed by atoms with E-state index in [2.05, 4.69) is 20.6 Å². The van der Waals surface area contributed by atoms with Crippen molar-refractivity contribution < 1.29 is 0 Å². The number of fused-ring (bicyclic) bond motifs is 1. The zero-order chi connectivity index (χ0) is 22.5. The molecule has 164 valence electrons. The second-order valence-corrected chi connectivity index (χ2v) is 8.68. The van der Waals surface area contributed by atoms with Crippen LogP contribution in [0.3, 0.4) is 0 Å². The molecule has 0 unspecified atom stereocenters. The summed E-state index contributed by atoms with van der Waals surface area (Å²) in [6.07, 6.45) is 3.45. The molecule has 1 saturated carbocycles. The maximum absolute atomic E-state index is 13.7. The molecule has 1 atom stereocenters. The van der Waals surface area contributed by atoms with Crippen molar-refractivity contribution in [3.8, 4) is 6.07 Å². The van der Waals surface area contributed by atoms with Crippen molar-refractivity contribution in [3.63, 3.8) is 0 Å². The molecule has 3 heterocycles. The number of anilines is 2. The van der Waals surface area contributed by atoms with Gasteiger partial charge in [-0.1, -0.05) is 17.7 Å². The molecule has 3 aromatic rings. The first-order valence-corrected chi connectivity index (χ1v) is 10.8. The minimum absolute atomic E-state index is 0.0517. The molecular weight excluding hydrogens is 430 g/mol. The Bertz CT molecular complexity index is 1310. The molecular formula is C21H22ClN9O. The predicted molar refractivity (Wildman–Crippen MR) is 122 cm³/mol. The zero-order valence-corrected chi connectivity index (χ0v) is 18.2. The molecule has 5 rings (SSSR count). The van der Waals surface area contributed by atoms with Gasteiger partial charge >= 0.3 is 0 Å². The molecule has 0 radical (unpaired) electrons. The third-order valence-electron chi connectivity index (χ3n) is 6.07. The molecule has 10 nitrogen and oxygen atoms in total. The van der Waals surface area contributed by atoms with Gasteiger partial charge in [0.1, 0.15) is 29.6 Å². The number of rotatable bonds is 4. The Morgan fingerprint density at radius 1 is 1.38 bits per heavy atom. The maximum Gasteiger partial charge on any atom is 0.281 e. The lowest BCUT2D eigenvalue weighted by Gasteiger charge is -2.38. The quantitative estimate of drug-likeness (QED) is 0.539. The van der Waals surface area contributed by atoms with Gasteiger partial charge in [0.2, 0.25) is 0 Å². The standard InChI is InChI=1S/C21H22ClN9O/c1-12(28-18-13(9-23)17(24)25-11-26-18)19-29-15-4-2-3-14(22)16(15)20(32)31(19)30-8-7-27-21(10-30)5-6-21/h2-4,11-12,27H,5-8,10H2,1H3,(H3,24,25,26,28)/t12-/m0/s1. The fourth-order valence-electron chi connectivity index (χ4n) is 4.23. The summed E-state index contributed by atoms with van der Waals surface area (Å²) < 4.78 is 1.63. The van der Waals surface area contributed by atoms with Crippen LogP contribution in [-0.4, -0.2) is 44.8 Å². The number of nitriles is 1. The summed E-state index contributed by atoms with van der Waals surface area (Å²) in [4.78, 5) is 26.5. The number of hydrogen-bond donors (Lipinski definition) is 3. The molecule has 1 spiro atoms. The van der Waals surface area contributed by atoms with Crippen molar-refractivity contribution in [2.45, 2.75) is 31.3 Å². The van der Waals surface area contributed by atoms with Crippen molar-refractivity contribution in [1.29, 1.82) is 5.26 Å². The van der Waals surface area contributed by atoms with Crippen molar-refractivity contribution in [1.82, 2.24) is 24.9 Å². The lowest BCUT2D eigenvalue weighted by molar-refractivity contribution is 0.373. The Labute approximate surface area is 189 Å². The van der Waals surface area contributed by atoms with Gasteiger partial charge in [-0.3, -0.25) is 4.79 Å². The Balaban J connectivity index is 1.64. The number of nitrogens with zero attached hydrogens (tertiary/aromatic N) is 6. The highest BCUT2D eigenvalue weighted by atomic mass is 35.5. The largest absolute Gasteiger partial charge is 0.382 e. The van der Waals surface area contributed by atoms with E-state index in [1.807, 2.05) is 18.0 Å². The summed E-state index contributed by atoms with van der Waals surface area (Å²) in [5.41, 5.74) is 6.33. The molecule has 32 heavy (non-hydrogen) atoms. The second-order valence-electron chi connectivity index (χ2n) is 8.28. The monoisotopic (exact) mass is 451 g/mol. The van der Waals surface area contributed by atoms with Crippen LogP contribution >= 0.6 is 11.6 Å². The normalized spacial score (nSPS) is 17.8. The first-order chi connectivity index (χ1) is 15.4. The van der Waals surface area contributed by atoms with Gasteiger partial charge in [0.05, 0.1) is 28.5 Å². The number of aromatic nitrogens is 4. The fourth-order valence-corrected chi connectivity index (χ4v) is 4.48. The van der Waals surface area contributed by atoms with Crippen LogP contribution in [0.5, 0.6) is 0 Å². The van der Waals surface area contributed by atoms with Crippen molar-refractivity contribution in [2.75, 3.05) is 35.7 Å². The van der Waals surface area contributed by atoms with E-state index in [-0.39, 0.29) is 22.5 Å². The van der Waals surface area contributed by atoms with Gasteiger partial charge in [0, 0.05) is 18.6 Å². The highest BCUT2D eigenvalue weighted by Crippen LogP contribution is 2.37. The van der Waals surface area contributed by atoms with E-state index in [1.54, 1.807) is 22.9 Å². The number of piperazine rings is 1. The number of nitrogens with one attached hydrogen (secondary N) is 2. The SMILES string of the molecule is C[C@H](Nc1ncnc(N)c1C#N)c1nc2cccc(Cl)c2c(=O)n1N1CCNC2(CC2)C1. The average molecular weight is 452 g/mol. The number of nitrogen functional groups attached to an aromatic ring is 1. The minimum atomic E-state index is -0.461. The van der Waals surface area contributed by atoms with E-state index < -0.39 is 6.04 Å². The first-order valence-electron chi connectivity index (χ1n) is 10.4. The van der Waals surface area contributed by atoms with E-state index in [9.17, 15) is 10.1 Å². The van der Waals surface area contributed by atoms with Crippen LogP contribution < -0.4 is 26.9 Å². The smallest absolute Gasteiger partial charge is 0.281 e. The van der Waals surface area contributed by atoms with Gasteiger partial charge in [0.25, 0.3) is 5.56 Å². The molecule has 1 saturated heterocycles. The Hall–Kier alpha value is -3.42. The lowest BCUT2D eigenvalue weighted by atomic mass is 10.2. The third kappa shape index (κ3) is 3.39. The van der Waals surface area contributed by atoms with Gasteiger partial charge in [-0.2, -0.15) is 5.26 Å². The van der Waals surface area contributed by atoms with Crippen LogP contribution in [0.15, 0.2) is 29.3 Å². The summed E-state index contributed by atoms with van der Waals surface area (Å²) >= 11 is 6.39. The van der Waals surface area contributed by atoms with Gasteiger partial charge in [-0.15, -0.1) is 0 Å². The molecule has 11 heteroatoms. The van der Waals surface area contributed by atoms with Crippen molar-refractivity contribution >= 4 is 34.1 Å². The summed E-state index contributed by atoms with van der Waals surface area (Å²) in [5.74, 6) is 0.882. The summed E-state index contributed by atoms with van der Waals surface area (Å²) in [7, 11) is 0. The zero-order valence-electron chi connectivity index (χ0n) is 17.5. The topological polar surface area (TPSA) is 138 Å². The molecule has 1 aliphatic heterocycles. The molecule has 4 N–H and O–H groups in total. The minimum Gasteiger partial charge on any atom is -0.382 e. The van der Waals surface area contributed by atoms with E-state index in [0.29, 0.717) is 40.7 Å². The van der Waals surface area contributed by atoms with Crippen molar-refractivity contribution in [3.05, 3.63) is 51.3 Å². The highest BCUT2D eigenvalue weighted by Gasteiger charge is 2.46. The predicted octanol–water partition coefficient (Wildman–Crippen LogP) is 1.54. The number of hydrogen-bond acceptors (Lipinski definition) is 9. The van der Waals surface area contributed by atoms with Gasteiger partial charge in [-0.05, 0) is 31.9 Å². The van der Waals surface area contributed by atoms with Gasteiger partial charge < -0.3 is 21.4 Å². The van der Waals surface area contributed by atoms with Gasteiger partial charge in [-0.25, -0.2) is 19.6 Å². The Morgan fingerprint density at radius 2 is 2.19 bits per heavy atom. The van der Waals surface area contributed by atoms with E-state index in [0.717, 1.165) is 19.4 Å². The number of halogens is 1. The Morgan fingerprint density at radius 3 is 2.94 bits per heavy atom. The average Bonchev–Trinajstić information content (AvgIpc) is 3.51. The highest BCUT2D eigenvalue weighted by molar-refractivity contribution is 6.35. The first kappa shape index (κ1) is 20.5. The molecule has 2 aromatic heterocycles. The summed E-state index contributed by atoms with van der Waals surface area (Å²) in [5, 5.41) is 19.0. The maximum atomic E-state index is 13.7.